The van der Waals surface area contributed by atoms with E-state index in [1.54, 1.807) is 23.5 Å². The van der Waals surface area contributed by atoms with Crippen molar-refractivity contribution in [3.63, 3.8) is 0 Å². The lowest BCUT2D eigenvalue weighted by molar-refractivity contribution is 0.289. The zero-order valence-electron chi connectivity index (χ0n) is 18.8. The standard InChI is InChI=1S/C19H42O2S3Si2/c1-18(2,3)25(7,8)20-13-11-15-23-17(22)24-16-12-14-21-26(9,10)19(4,5)6/h11-16H2,1-10H3. The molecule has 0 saturated heterocycles. The Hall–Kier alpha value is 1.14. The molecule has 0 bridgehead atoms. The first-order valence-electron chi connectivity index (χ1n) is 9.68. The van der Waals surface area contributed by atoms with Gasteiger partial charge in [-0.2, -0.15) is 0 Å². The minimum atomic E-state index is -1.60. The van der Waals surface area contributed by atoms with Gasteiger partial charge < -0.3 is 8.85 Å². The molecule has 7 heteroatoms. The molecule has 0 aliphatic rings. The van der Waals surface area contributed by atoms with Crippen LogP contribution in [-0.2, 0) is 8.85 Å². The van der Waals surface area contributed by atoms with E-state index >= 15 is 0 Å². The van der Waals surface area contributed by atoms with Gasteiger partial charge in [0.25, 0.3) is 0 Å². The van der Waals surface area contributed by atoms with E-state index in [2.05, 4.69) is 67.7 Å². The van der Waals surface area contributed by atoms with Crippen LogP contribution >= 0.6 is 35.7 Å². The minimum Gasteiger partial charge on any atom is -0.417 e. The third-order valence-corrected chi connectivity index (χ3v) is 17.5. The molecule has 0 N–H and O–H groups in total. The van der Waals surface area contributed by atoms with Crippen LogP contribution in [-0.4, -0.2) is 44.9 Å². The lowest BCUT2D eigenvalue weighted by Gasteiger charge is -2.36. The van der Waals surface area contributed by atoms with E-state index in [-0.39, 0.29) is 10.1 Å². The third-order valence-electron chi connectivity index (χ3n) is 5.56. The van der Waals surface area contributed by atoms with Gasteiger partial charge in [0, 0.05) is 24.7 Å². The van der Waals surface area contributed by atoms with Crippen LogP contribution in [0.5, 0.6) is 0 Å². The Morgan fingerprint density at radius 2 is 1.04 bits per heavy atom. The van der Waals surface area contributed by atoms with Crippen LogP contribution in [0.15, 0.2) is 0 Å². The lowest BCUT2D eigenvalue weighted by Crippen LogP contribution is -2.41. The number of rotatable bonds is 10. The molecule has 0 rings (SSSR count). The number of hydrogen-bond donors (Lipinski definition) is 0. The molecular weight excluding hydrogens is 413 g/mol. The maximum atomic E-state index is 6.21. The molecule has 0 aromatic rings. The first-order valence-corrected chi connectivity index (χ1v) is 17.9. The predicted molar refractivity (Wildman–Crippen MR) is 133 cm³/mol. The Morgan fingerprint density at radius 1 is 0.731 bits per heavy atom. The molecule has 0 aromatic carbocycles. The van der Waals surface area contributed by atoms with Crippen molar-refractivity contribution in [2.75, 3.05) is 24.7 Å². The van der Waals surface area contributed by atoms with E-state index < -0.39 is 16.6 Å². The summed E-state index contributed by atoms with van der Waals surface area (Å²) in [4.78, 5) is 0. The van der Waals surface area contributed by atoms with E-state index in [1.165, 1.54) is 0 Å². The second-order valence-electron chi connectivity index (χ2n) is 9.87. The fourth-order valence-electron chi connectivity index (χ4n) is 1.56. The van der Waals surface area contributed by atoms with Crippen molar-refractivity contribution in [3.05, 3.63) is 0 Å². The van der Waals surface area contributed by atoms with Gasteiger partial charge in [0.05, 0.1) is 0 Å². The van der Waals surface area contributed by atoms with E-state index in [0.717, 1.165) is 41.1 Å². The van der Waals surface area contributed by atoms with Crippen LogP contribution < -0.4 is 0 Å². The Kier molecular flexibility index (Phi) is 11.9. The molecular formula is C19H42O2S3Si2. The Bertz CT molecular complexity index is 389. The summed E-state index contributed by atoms with van der Waals surface area (Å²) >= 11 is 9.08. The predicted octanol–water partition coefficient (Wildman–Crippen LogP) is 7.56. The van der Waals surface area contributed by atoms with E-state index in [4.69, 9.17) is 21.1 Å². The highest BCUT2D eigenvalue weighted by molar-refractivity contribution is 8.47. The number of thioether (sulfide) groups is 2. The average Bonchev–Trinajstić information content (AvgIpc) is 2.43. The molecule has 156 valence electrons. The number of thiocarbonyl (C=S) groups is 1. The van der Waals surface area contributed by atoms with Gasteiger partial charge in [-0.15, -0.1) is 23.5 Å². The van der Waals surface area contributed by atoms with E-state index in [1.807, 2.05) is 0 Å². The van der Waals surface area contributed by atoms with Gasteiger partial charge in [0.15, 0.2) is 16.6 Å². The molecule has 26 heavy (non-hydrogen) atoms. The molecule has 2 nitrogen and oxygen atoms in total. The van der Waals surface area contributed by atoms with Gasteiger partial charge in [-0.25, -0.2) is 0 Å². The van der Waals surface area contributed by atoms with Crippen molar-refractivity contribution in [1.82, 2.24) is 0 Å². The van der Waals surface area contributed by atoms with Crippen molar-refractivity contribution >= 4 is 55.9 Å². The molecule has 0 unspecified atom stereocenters. The van der Waals surface area contributed by atoms with Crippen molar-refractivity contribution in [3.8, 4) is 0 Å². The zero-order chi connectivity index (χ0) is 20.6. The normalized spacial score (nSPS) is 13.9. The van der Waals surface area contributed by atoms with E-state index in [9.17, 15) is 0 Å². The summed E-state index contributed by atoms with van der Waals surface area (Å²) in [6.07, 6.45) is 2.15. The summed E-state index contributed by atoms with van der Waals surface area (Å²) in [5.41, 5.74) is 0. The SMILES string of the molecule is CC(C)(C)[Si](C)(C)OCCCSC(=S)SCCCO[Si](C)(C)C(C)(C)C. The van der Waals surface area contributed by atoms with Gasteiger partial charge in [0.2, 0.25) is 0 Å². The average molecular weight is 455 g/mol. The van der Waals surface area contributed by atoms with Crippen LogP contribution in [0.2, 0.25) is 36.3 Å². The summed E-state index contributed by atoms with van der Waals surface area (Å²) in [7, 11) is -3.20. The highest BCUT2D eigenvalue weighted by Gasteiger charge is 2.37. The number of hydrogen-bond acceptors (Lipinski definition) is 5. The summed E-state index contributed by atoms with van der Waals surface area (Å²) in [5, 5.41) is 0.579. The molecule has 0 aliphatic heterocycles. The second kappa shape index (κ2) is 11.4. The van der Waals surface area contributed by atoms with Gasteiger partial charge in [-0.3, -0.25) is 0 Å². The smallest absolute Gasteiger partial charge is 0.191 e. The zero-order valence-corrected chi connectivity index (χ0v) is 23.2. The van der Waals surface area contributed by atoms with Crippen molar-refractivity contribution in [2.45, 2.75) is 90.6 Å². The Balaban J connectivity index is 3.77. The van der Waals surface area contributed by atoms with Crippen molar-refractivity contribution < 1.29 is 8.85 Å². The first-order chi connectivity index (χ1) is 11.6. The van der Waals surface area contributed by atoms with Crippen LogP contribution in [0.4, 0.5) is 0 Å². The van der Waals surface area contributed by atoms with Crippen LogP contribution in [0.25, 0.3) is 0 Å². The summed E-state index contributed by atoms with van der Waals surface area (Å²) in [6, 6.07) is 0. The van der Waals surface area contributed by atoms with Gasteiger partial charge in [-0.1, -0.05) is 53.8 Å². The fraction of sp³-hybridized carbons (Fsp3) is 0.947. The Morgan fingerprint density at radius 3 is 1.31 bits per heavy atom. The fourth-order valence-corrected chi connectivity index (χ4v) is 5.92. The maximum Gasteiger partial charge on any atom is 0.191 e. The van der Waals surface area contributed by atoms with Crippen molar-refractivity contribution in [2.24, 2.45) is 0 Å². The highest BCUT2D eigenvalue weighted by atomic mass is 32.2. The molecule has 0 radical (unpaired) electrons. The van der Waals surface area contributed by atoms with Crippen molar-refractivity contribution in [1.29, 1.82) is 0 Å². The molecule has 0 heterocycles. The topological polar surface area (TPSA) is 18.5 Å². The van der Waals surface area contributed by atoms with Crippen LogP contribution in [0, 0.1) is 0 Å². The van der Waals surface area contributed by atoms with Crippen LogP contribution in [0.3, 0.4) is 0 Å². The summed E-state index contributed by atoms with van der Waals surface area (Å²) in [5.74, 6) is 2.11. The molecule has 0 saturated carbocycles. The molecule has 0 atom stereocenters. The quantitative estimate of drug-likeness (QED) is 0.192. The molecule has 0 aromatic heterocycles. The van der Waals surface area contributed by atoms with Gasteiger partial charge in [-0.05, 0) is 49.1 Å². The second-order valence-corrected chi connectivity index (χ2v) is 22.9. The first kappa shape index (κ1) is 27.1. The molecule has 0 aliphatic carbocycles. The van der Waals surface area contributed by atoms with Crippen LogP contribution in [0.1, 0.15) is 54.4 Å². The van der Waals surface area contributed by atoms with E-state index in [0.29, 0.717) is 0 Å². The summed E-state index contributed by atoms with van der Waals surface area (Å²) in [6.45, 7) is 24.7. The molecule has 0 fully saturated rings. The minimum absolute atomic E-state index is 0.289. The third kappa shape index (κ3) is 10.6. The molecule has 0 amide bonds. The summed E-state index contributed by atoms with van der Waals surface area (Å²) < 4.78 is 13.5. The van der Waals surface area contributed by atoms with Gasteiger partial charge >= 0.3 is 0 Å². The molecule has 0 spiro atoms. The van der Waals surface area contributed by atoms with Gasteiger partial charge in [0.1, 0.15) is 3.53 Å². The lowest BCUT2D eigenvalue weighted by atomic mass is 10.2. The highest BCUT2D eigenvalue weighted by Crippen LogP contribution is 2.37. The largest absolute Gasteiger partial charge is 0.417 e. The monoisotopic (exact) mass is 454 g/mol. The Labute approximate surface area is 179 Å². The maximum absolute atomic E-state index is 6.21.